The van der Waals surface area contributed by atoms with E-state index in [0.29, 0.717) is 12.2 Å². The molecule has 0 bridgehead atoms. The van der Waals surface area contributed by atoms with Gasteiger partial charge in [0.1, 0.15) is 0 Å². The van der Waals surface area contributed by atoms with Gasteiger partial charge in [-0.05, 0) is 28.5 Å². The Kier molecular flexibility index (Phi) is 5.81. The number of thioether (sulfide) groups is 1. The van der Waals surface area contributed by atoms with Crippen LogP contribution in [0.3, 0.4) is 0 Å². The first-order chi connectivity index (χ1) is 14.9. The molecule has 0 spiro atoms. The molecular weight excluding hydrogens is 427 g/mol. The van der Waals surface area contributed by atoms with Gasteiger partial charge < -0.3 is 11.2 Å². The standard InChI is InChI=1S/C21H16F3N5OS/c22-15-8-9-16(20(24)19(15)23)26-18(30)11-31-21-28-27-17(29(21)25)10-13-6-3-5-12-4-1-2-7-14(12)13/h1-9H,10-11,25H2,(H,26,30). The van der Waals surface area contributed by atoms with Gasteiger partial charge in [0, 0.05) is 6.42 Å². The molecule has 0 radical (unpaired) electrons. The number of hydrogen-bond donors (Lipinski definition) is 2. The molecule has 3 N–H and O–H groups in total. The van der Waals surface area contributed by atoms with Crippen LogP contribution in [-0.4, -0.2) is 26.5 Å². The van der Waals surface area contributed by atoms with E-state index in [2.05, 4.69) is 15.5 Å². The lowest BCUT2D eigenvalue weighted by Gasteiger charge is -2.08. The lowest BCUT2D eigenvalue weighted by molar-refractivity contribution is -0.113. The lowest BCUT2D eigenvalue weighted by atomic mass is 10.0. The Morgan fingerprint density at radius 2 is 1.77 bits per heavy atom. The molecule has 6 nitrogen and oxygen atoms in total. The van der Waals surface area contributed by atoms with E-state index < -0.39 is 29.0 Å². The van der Waals surface area contributed by atoms with Crippen molar-refractivity contribution in [1.29, 1.82) is 0 Å². The number of hydrogen-bond acceptors (Lipinski definition) is 5. The van der Waals surface area contributed by atoms with Gasteiger partial charge in [-0.3, -0.25) is 4.79 Å². The van der Waals surface area contributed by atoms with E-state index in [9.17, 15) is 18.0 Å². The molecule has 1 amide bonds. The number of carbonyl (C=O) groups excluding carboxylic acids is 1. The minimum Gasteiger partial charge on any atom is -0.336 e. The third-order valence-electron chi connectivity index (χ3n) is 4.61. The molecule has 0 fully saturated rings. The molecule has 10 heteroatoms. The van der Waals surface area contributed by atoms with E-state index in [0.717, 1.165) is 40.2 Å². The summed E-state index contributed by atoms with van der Waals surface area (Å²) >= 11 is 0.985. The molecule has 3 aromatic carbocycles. The van der Waals surface area contributed by atoms with E-state index in [4.69, 9.17) is 5.84 Å². The summed E-state index contributed by atoms with van der Waals surface area (Å²) in [6.07, 6.45) is 0.442. The first-order valence-electron chi connectivity index (χ1n) is 9.16. The average molecular weight is 443 g/mol. The Bertz CT molecular complexity index is 1270. The Hall–Kier alpha value is -3.53. The molecule has 158 valence electrons. The molecule has 0 aliphatic carbocycles. The number of nitrogens with zero attached hydrogens (tertiary/aromatic N) is 3. The van der Waals surface area contributed by atoms with Gasteiger partial charge in [-0.15, -0.1) is 10.2 Å². The summed E-state index contributed by atoms with van der Waals surface area (Å²) < 4.78 is 41.3. The fraction of sp³-hybridized carbons (Fsp3) is 0.0952. The molecule has 1 heterocycles. The predicted octanol–water partition coefficient (Wildman–Crippen LogP) is 3.88. The van der Waals surface area contributed by atoms with Gasteiger partial charge in [-0.25, -0.2) is 17.8 Å². The zero-order chi connectivity index (χ0) is 22.0. The zero-order valence-corrected chi connectivity index (χ0v) is 16.8. The molecule has 1 aromatic heterocycles. The average Bonchev–Trinajstić information content (AvgIpc) is 3.12. The third kappa shape index (κ3) is 4.33. The minimum atomic E-state index is -1.65. The summed E-state index contributed by atoms with van der Waals surface area (Å²) in [4.78, 5) is 12.1. The maximum atomic E-state index is 13.7. The highest BCUT2D eigenvalue weighted by molar-refractivity contribution is 7.99. The van der Waals surface area contributed by atoms with Crippen molar-refractivity contribution in [2.24, 2.45) is 0 Å². The molecule has 0 saturated heterocycles. The monoisotopic (exact) mass is 443 g/mol. The van der Waals surface area contributed by atoms with Crippen LogP contribution in [-0.2, 0) is 11.2 Å². The summed E-state index contributed by atoms with van der Waals surface area (Å²) in [5.74, 6) is 1.34. The molecule has 31 heavy (non-hydrogen) atoms. The van der Waals surface area contributed by atoms with Crippen molar-refractivity contribution in [1.82, 2.24) is 14.9 Å². The molecule has 0 aliphatic heterocycles. The van der Waals surface area contributed by atoms with Crippen molar-refractivity contribution in [3.63, 3.8) is 0 Å². The number of benzene rings is 3. The highest BCUT2D eigenvalue weighted by atomic mass is 32.2. The van der Waals surface area contributed by atoms with Crippen LogP contribution < -0.4 is 11.2 Å². The number of aromatic nitrogens is 3. The highest BCUT2D eigenvalue weighted by Gasteiger charge is 2.17. The molecule has 0 aliphatic rings. The highest BCUT2D eigenvalue weighted by Crippen LogP contribution is 2.23. The lowest BCUT2D eigenvalue weighted by Crippen LogP contribution is -2.18. The maximum absolute atomic E-state index is 13.7. The number of fused-ring (bicyclic) bond motifs is 1. The van der Waals surface area contributed by atoms with Crippen LogP contribution in [0.4, 0.5) is 18.9 Å². The van der Waals surface area contributed by atoms with Crippen LogP contribution in [0.2, 0.25) is 0 Å². The van der Waals surface area contributed by atoms with Crippen molar-refractivity contribution in [2.75, 3.05) is 16.9 Å². The van der Waals surface area contributed by atoms with E-state index >= 15 is 0 Å². The molecular formula is C21H16F3N5OS. The number of nitrogen functional groups attached to an aromatic ring is 1. The van der Waals surface area contributed by atoms with Crippen LogP contribution in [0.1, 0.15) is 11.4 Å². The van der Waals surface area contributed by atoms with Crippen LogP contribution in [0.15, 0.2) is 59.8 Å². The van der Waals surface area contributed by atoms with Gasteiger partial charge in [0.05, 0.1) is 11.4 Å². The number of nitrogens with one attached hydrogen (secondary N) is 1. The Morgan fingerprint density at radius 1 is 1.00 bits per heavy atom. The van der Waals surface area contributed by atoms with Crippen molar-refractivity contribution in [3.05, 3.63) is 83.4 Å². The second-order valence-electron chi connectivity index (χ2n) is 6.64. The Morgan fingerprint density at radius 3 is 2.61 bits per heavy atom. The smallest absolute Gasteiger partial charge is 0.234 e. The summed E-state index contributed by atoms with van der Waals surface area (Å²) in [5, 5.41) is 12.8. The number of halogens is 3. The van der Waals surface area contributed by atoms with Crippen molar-refractivity contribution >= 4 is 34.1 Å². The molecule has 4 rings (SSSR count). The van der Waals surface area contributed by atoms with Gasteiger partial charge >= 0.3 is 0 Å². The van der Waals surface area contributed by atoms with E-state index in [-0.39, 0.29) is 10.9 Å². The van der Waals surface area contributed by atoms with Crippen molar-refractivity contribution < 1.29 is 18.0 Å². The molecule has 4 aromatic rings. The normalized spacial score (nSPS) is 11.1. The quantitative estimate of drug-likeness (QED) is 0.268. The van der Waals surface area contributed by atoms with Gasteiger partial charge in [0.25, 0.3) is 0 Å². The Balaban J connectivity index is 1.43. The third-order valence-corrected chi connectivity index (χ3v) is 5.55. The zero-order valence-electron chi connectivity index (χ0n) is 16.0. The van der Waals surface area contributed by atoms with Gasteiger partial charge in [-0.2, -0.15) is 0 Å². The second kappa shape index (κ2) is 8.68. The number of anilines is 1. The van der Waals surface area contributed by atoms with E-state index in [1.165, 1.54) is 4.68 Å². The Labute approximate surface area is 179 Å². The van der Waals surface area contributed by atoms with Crippen LogP contribution in [0, 0.1) is 17.5 Å². The summed E-state index contributed by atoms with van der Waals surface area (Å²) in [7, 11) is 0. The van der Waals surface area contributed by atoms with E-state index in [1.807, 2.05) is 42.5 Å². The topological polar surface area (TPSA) is 85.8 Å². The molecule has 0 atom stereocenters. The SMILES string of the molecule is Nn1c(Cc2cccc3ccccc23)nnc1SCC(=O)Nc1ccc(F)c(F)c1F. The van der Waals surface area contributed by atoms with Crippen molar-refractivity contribution in [2.45, 2.75) is 11.6 Å². The minimum absolute atomic E-state index is 0.179. The number of rotatable bonds is 6. The fourth-order valence-electron chi connectivity index (χ4n) is 3.08. The first-order valence-corrected chi connectivity index (χ1v) is 10.1. The fourth-order valence-corrected chi connectivity index (χ4v) is 3.76. The summed E-state index contributed by atoms with van der Waals surface area (Å²) in [6, 6.07) is 15.6. The predicted molar refractivity (Wildman–Crippen MR) is 113 cm³/mol. The maximum Gasteiger partial charge on any atom is 0.234 e. The number of nitrogens with two attached hydrogens (primary N) is 1. The van der Waals surface area contributed by atoms with Crippen LogP contribution in [0.5, 0.6) is 0 Å². The van der Waals surface area contributed by atoms with Crippen LogP contribution >= 0.6 is 11.8 Å². The van der Waals surface area contributed by atoms with Gasteiger partial charge in [0.15, 0.2) is 23.3 Å². The number of carbonyl (C=O) groups is 1. The first kappa shape index (κ1) is 20.7. The van der Waals surface area contributed by atoms with E-state index in [1.54, 1.807) is 0 Å². The van der Waals surface area contributed by atoms with Gasteiger partial charge in [-0.1, -0.05) is 54.2 Å². The molecule has 0 saturated carbocycles. The summed E-state index contributed by atoms with van der Waals surface area (Å²) in [5.41, 5.74) is 0.579. The largest absolute Gasteiger partial charge is 0.336 e. The van der Waals surface area contributed by atoms with Gasteiger partial charge in [0.2, 0.25) is 11.1 Å². The second-order valence-corrected chi connectivity index (χ2v) is 7.59. The van der Waals surface area contributed by atoms with Crippen molar-refractivity contribution in [3.8, 4) is 0 Å². The summed E-state index contributed by atoms with van der Waals surface area (Å²) in [6.45, 7) is 0. The molecule has 0 unspecified atom stereocenters. The number of amides is 1. The van der Waals surface area contributed by atoms with Crippen LogP contribution in [0.25, 0.3) is 10.8 Å².